The second kappa shape index (κ2) is 7.69. The SMILES string of the molecule is Cc1nc(NC(=O)c2ccc(NS(C)(=O)=O)cc2C)nc(-c2ccccn2)n1. The fourth-order valence-corrected chi connectivity index (χ4v) is 3.07. The van der Waals surface area contributed by atoms with Crippen molar-refractivity contribution in [1.29, 1.82) is 0 Å². The summed E-state index contributed by atoms with van der Waals surface area (Å²) >= 11 is 0. The molecule has 0 saturated carbocycles. The molecule has 28 heavy (non-hydrogen) atoms. The molecule has 0 spiro atoms. The number of pyridine rings is 1. The first kappa shape index (κ1) is 19.4. The first-order chi connectivity index (χ1) is 13.2. The highest BCUT2D eigenvalue weighted by molar-refractivity contribution is 7.92. The number of aromatic nitrogens is 4. The molecule has 0 bridgehead atoms. The summed E-state index contributed by atoms with van der Waals surface area (Å²) in [5, 5.41) is 2.65. The summed E-state index contributed by atoms with van der Waals surface area (Å²) in [5.74, 6) is 0.486. The Labute approximate surface area is 162 Å². The number of aryl methyl sites for hydroxylation is 2. The molecule has 0 radical (unpaired) electrons. The standard InChI is InChI=1S/C18H18N6O3S/c1-11-10-13(24-28(3,26)27)7-8-14(11)17(25)23-18-21-12(2)20-16(22-18)15-6-4-5-9-19-15/h4-10,24H,1-3H3,(H,20,21,22,23,25). The highest BCUT2D eigenvalue weighted by Gasteiger charge is 2.14. The molecule has 0 saturated heterocycles. The molecular formula is C18H18N6O3S. The lowest BCUT2D eigenvalue weighted by Gasteiger charge is -2.10. The van der Waals surface area contributed by atoms with Crippen molar-refractivity contribution in [1.82, 2.24) is 19.9 Å². The number of rotatable bonds is 5. The monoisotopic (exact) mass is 398 g/mol. The molecule has 2 N–H and O–H groups in total. The predicted octanol–water partition coefficient (Wildman–Crippen LogP) is 2.17. The topological polar surface area (TPSA) is 127 Å². The van der Waals surface area contributed by atoms with Crippen molar-refractivity contribution in [2.45, 2.75) is 13.8 Å². The molecule has 2 aromatic heterocycles. The lowest BCUT2D eigenvalue weighted by atomic mass is 10.1. The zero-order valence-electron chi connectivity index (χ0n) is 15.5. The van der Waals surface area contributed by atoms with E-state index in [0.29, 0.717) is 34.2 Å². The van der Waals surface area contributed by atoms with Gasteiger partial charge in [-0.1, -0.05) is 6.07 Å². The minimum atomic E-state index is -3.39. The van der Waals surface area contributed by atoms with Crippen LogP contribution in [0, 0.1) is 13.8 Å². The fraction of sp³-hybridized carbons (Fsp3) is 0.167. The number of benzene rings is 1. The van der Waals surface area contributed by atoms with Crippen molar-refractivity contribution in [2.24, 2.45) is 0 Å². The van der Waals surface area contributed by atoms with Gasteiger partial charge >= 0.3 is 0 Å². The van der Waals surface area contributed by atoms with E-state index in [1.165, 1.54) is 12.1 Å². The summed E-state index contributed by atoms with van der Waals surface area (Å²) in [6.45, 7) is 3.40. The summed E-state index contributed by atoms with van der Waals surface area (Å²) < 4.78 is 25.0. The van der Waals surface area contributed by atoms with Crippen molar-refractivity contribution >= 4 is 27.6 Å². The van der Waals surface area contributed by atoms with Crippen molar-refractivity contribution in [3.8, 4) is 11.5 Å². The number of nitrogens with zero attached hydrogens (tertiary/aromatic N) is 4. The second-order valence-corrected chi connectivity index (χ2v) is 7.85. The molecule has 0 unspecified atom stereocenters. The number of hydrogen-bond donors (Lipinski definition) is 2. The van der Waals surface area contributed by atoms with Crippen LogP contribution in [0.25, 0.3) is 11.5 Å². The number of carbonyl (C=O) groups excluding carboxylic acids is 1. The Morgan fingerprint density at radius 1 is 1.04 bits per heavy atom. The molecule has 144 valence electrons. The van der Waals surface area contributed by atoms with Gasteiger partial charge in [-0.05, 0) is 49.7 Å². The van der Waals surface area contributed by atoms with Gasteiger partial charge in [0.1, 0.15) is 11.5 Å². The highest BCUT2D eigenvalue weighted by Crippen LogP contribution is 2.18. The van der Waals surface area contributed by atoms with Gasteiger partial charge in [0.05, 0.1) is 6.26 Å². The van der Waals surface area contributed by atoms with Crippen LogP contribution >= 0.6 is 0 Å². The van der Waals surface area contributed by atoms with Crippen LogP contribution in [0.2, 0.25) is 0 Å². The largest absolute Gasteiger partial charge is 0.290 e. The molecule has 10 heteroatoms. The molecule has 0 aliphatic carbocycles. The Kier molecular flexibility index (Phi) is 5.32. The quantitative estimate of drug-likeness (QED) is 0.674. The number of hydrogen-bond acceptors (Lipinski definition) is 7. The Hall–Kier alpha value is -3.40. The minimum Gasteiger partial charge on any atom is -0.290 e. The zero-order valence-corrected chi connectivity index (χ0v) is 16.3. The van der Waals surface area contributed by atoms with Crippen molar-refractivity contribution in [3.63, 3.8) is 0 Å². The lowest BCUT2D eigenvalue weighted by molar-refractivity contribution is 0.102. The van der Waals surface area contributed by atoms with Gasteiger partial charge < -0.3 is 0 Å². The molecule has 3 aromatic rings. The second-order valence-electron chi connectivity index (χ2n) is 6.10. The summed E-state index contributed by atoms with van der Waals surface area (Å²) in [5.41, 5.74) is 1.92. The smallest absolute Gasteiger partial charge is 0.258 e. The Bertz CT molecular complexity index is 1130. The molecule has 0 atom stereocenters. The van der Waals surface area contributed by atoms with E-state index in [4.69, 9.17) is 0 Å². The molecule has 2 heterocycles. The van der Waals surface area contributed by atoms with Crippen LogP contribution in [0.1, 0.15) is 21.7 Å². The summed E-state index contributed by atoms with van der Waals surface area (Å²) in [4.78, 5) is 29.5. The van der Waals surface area contributed by atoms with Crippen molar-refractivity contribution in [3.05, 3.63) is 59.5 Å². The van der Waals surface area contributed by atoms with Gasteiger partial charge in [-0.3, -0.25) is 19.8 Å². The Morgan fingerprint density at radius 2 is 1.82 bits per heavy atom. The third-order valence-electron chi connectivity index (χ3n) is 3.64. The maximum Gasteiger partial charge on any atom is 0.258 e. The number of carbonyl (C=O) groups is 1. The van der Waals surface area contributed by atoms with E-state index in [1.807, 2.05) is 6.07 Å². The summed E-state index contributed by atoms with van der Waals surface area (Å²) in [7, 11) is -3.39. The number of nitrogens with one attached hydrogen (secondary N) is 2. The van der Waals surface area contributed by atoms with Gasteiger partial charge in [0.2, 0.25) is 16.0 Å². The Balaban J connectivity index is 1.84. The third kappa shape index (κ3) is 4.86. The first-order valence-corrected chi connectivity index (χ1v) is 10.1. The van der Waals surface area contributed by atoms with Crippen LogP contribution in [-0.4, -0.2) is 40.5 Å². The molecule has 3 rings (SSSR count). The van der Waals surface area contributed by atoms with Crippen LogP contribution < -0.4 is 10.0 Å². The Morgan fingerprint density at radius 3 is 2.46 bits per heavy atom. The van der Waals surface area contributed by atoms with Crippen molar-refractivity contribution in [2.75, 3.05) is 16.3 Å². The van der Waals surface area contributed by atoms with Crippen molar-refractivity contribution < 1.29 is 13.2 Å². The number of anilines is 2. The van der Waals surface area contributed by atoms with Gasteiger partial charge in [0.15, 0.2) is 5.82 Å². The van der Waals surface area contributed by atoms with Crippen LogP contribution in [-0.2, 0) is 10.0 Å². The molecule has 0 fully saturated rings. The fourth-order valence-electron chi connectivity index (χ4n) is 2.51. The first-order valence-electron chi connectivity index (χ1n) is 8.25. The minimum absolute atomic E-state index is 0.107. The van der Waals surface area contributed by atoms with E-state index in [2.05, 4.69) is 30.0 Å². The molecule has 0 aliphatic rings. The number of amides is 1. The van der Waals surface area contributed by atoms with Crippen LogP contribution in [0.4, 0.5) is 11.6 Å². The summed E-state index contributed by atoms with van der Waals surface area (Å²) in [6, 6.07) is 9.99. The van der Waals surface area contributed by atoms with Crippen LogP contribution in [0.3, 0.4) is 0 Å². The normalized spacial score (nSPS) is 11.1. The van der Waals surface area contributed by atoms with Gasteiger partial charge in [-0.15, -0.1) is 0 Å². The number of sulfonamides is 1. The molecule has 0 aliphatic heterocycles. The average Bonchev–Trinajstić information content (AvgIpc) is 2.60. The van der Waals surface area contributed by atoms with E-state index in [0.717, 1.165) is 6.26 Å². The lowest BCUT2D eigenvalue weighted by Crippen LogP contribution is -2.17. The highest BCUT2D eigenvalue weighted by atomic mass is 32.2. The maximum absolute atomic E-state index is 12.6. The van der Waals surface area contributed by atoms with Gasteiger partial charge in [-0.2, -0.15) is 9.97 Å². The van der Waals surface area contributed by atoms with E-state index < -0.39 is 15.9 Å². The van der Waals surface area contributed by atoms with Gasteiger partial charge in [-0.25, -0.2) is 13.4 Å². The van der Waals surface area contributed by atoms with E-state index in [9.17, 15) is 13.2 Å². The van der Waals surface area contributed by atoms with Gasteiger partial charge in [0.25, 0.3) is 5.91 Å². The zero-order chi connectivity index (χ0) is 20.3. The van der Waals surface area contributed by atoms with E-state index in [1.54, 1.807) is 38.2 Å². The predicted molar refractivity (Wildman–Crippen MR) is 105 cm³/mol. The molecular weight excluding hydrogens is 380 g/mol. The third-order valence-corrected chi connectivity index (χ3v) is 4.25. The molecule has 1 aromatic carbocycles. The van der Waals surface area contributed by atoms with Crippen LogP contribution in [0.15, 0.2) is 42.6 Å². The van der Waals surface area contributed by atoms with Gasteiger partial charge in [0, 0.05) is 17.4 Å². The van der Waals surface area contributed by atoms with E-state index in [-0.39, 0.29) is 5.95 Å². The maximum atomic E-state index is 12.6. The summed E-state index contributed by atoms with van der Waals surface area (Å²) in [6.07, 6.45) is 2.69. The average molecular weight is 398 g/mol. The molecule has 9 nitrogen and oxygen atoms in total. The van der Waals surface area contributed by atoms with Crippen LogP contribution in [0.5, 0.6) is 0 Å². The molecule has 1 amide bonds. The van der Waals surface area contributed by atoms with E-state index >= 15 is 0 Å².